The standard InChI is InChI=1S/C14H18N2O3/c1-16(13(17)8-10-6-7-15-9-10)12-5-3-2-4-11(12)14(18)19/h2-5,10,15H,6-9H2,1H3,(H,18,19). The second-order valence-corrected chi connectivity index (χ2v) is 4.84. The van der Waals surface area contributed by atoms with E-state index in [4.69, 9.17) is 5.11 Å². The van der Waals surface area contributed by atoms with Crippen LogP contribution in [0.5, 0.6) is 0 Å². The number of para-hydroxylation sites is 1. The summed E-state index contributed by atoms with van der Waals surface area (Å²) in [6, 6.07) is 6.57. The average Bonchev–Trinajstić information content (AvgIpc) is 2.90. The molecule has 0 radical (unpaired) electrons. The molecule has 0 bridgehead atoms. The predicted molar refractivity (Wildman–Crippen MR) is 72.4 cm³/mol. The molecule has 1 unspecified atom stereocenters. The minimum Gasteiger partial charge on any atom is -0.478 e. The summed E-state index contributed by atoms with van der Waals surface area (Å²) in [7, 11) is 1.63. The number of amides is 1. The first-order valence-electron chi connectivity index (χ1n) is 6.39. The van der Waals surface area contributed by atoms with Crippen molar-refractivity contribution >= 4 is 17.6 Å². The van der Waals surface area contributed by atoms with Gasteiger partial charge in [-0.15, -0.1) is 0 Å². The first kappa shape index (κ1) is 13.5. The summed E-state index contributed by atoms with van der Waals surface area (Å²) in [6.07, 6.45) is 1.46. The van der Waals surface area contributed by atoms with Crippen LogP contribution in [0, 0.1) is 5.92 Å². The lowest BCUT2D eigenvalue weighted by molar-refractivity contribution is -0.119. The van der Waals surface area contributed by atoms with Crippen molar-refractivity contribution in [2.45, 2.75) is 12.8 Å². The highest BCUT2D eigenvalue weighted by Crippen LogP contribution is 2.22. The minimum atomic E-state index is -1.02. The molecule has 19 heavy (non-hydrogen) atoms. The van der Waals surface area contributed by atoms with E-state index in [2.05, 4.69) is 5.32 Å². The lowest BCUT2D eigenvalue weighted by atomic mass is 10.0. The molecule has 102 valence electrons. The van der Waals surface area contributed by atoms with Gasteiger partial charge in [-0.05, 0) is 37.6 Å². The van der Waals surface area contributed by atoms with Gasteiger partial charge in [-0.3, -0.25) is 4.79 Å². The van der Waals surface area contributed by atoms with Gasteiger partial charge in [0.15, 0.2) is 0 Å². The van der Waals surface area contributed by atoms with Gasteiger partial charge in [0.2, 0.25) is 5.91 Å². The van der Waals surface area contributed by atoms with Crippen LogP contribution in [0.3, 0.4) is 0 Å². The lowest BCUT2D eigenvalue weighted by Gasteiger charge is -2.20. The molecule has 1 amide bonds. The highest BCUT2D eigenvalue weighted by molar-refractivity contribution is 6.01. The molecule has 0 aromatic heterocycles. The number of aromatic carboxylic acids is 1. The monoisotopic (exact) mass is 262 g/mol. The summed E-state index contributed by atoms with van der Waals surface area (Å²) < 4.78 is 0. The number of carbonyl (C=O) groups is 2. The third-order valence-electron chi connectivity index (χ3n) is 3.50. The maximum atomic E-state index is 12.2. The van der Waals surface area contributed by atoms with Crippen molar-refractivity contribution < 1.29 is 14.7 Å². The Balaban J connectivity index is 2.12. The predicted octanol–water partition coefficient (Wildman–Crippen LogP) is 1.35. The molecule has 5 nitrogen and oxygen atoms in total. The molecule has 5 heteroatoms. The Morgan fingerprint density at radius 1 is 1.42 bits per heavy atom. The van der Waals surface area contributed by atoms with E-state index >= 15 is 0 Å². The van der Waals surface area contributed by atoms with Gasteiger partial charge in [0.05, 0.1) is 11.3 Å². The van der Waals surface area contributed by atoms with Crippen molar-refractivity contribution in [3.05, 3.63) is 29.8 Å². The molecule has 0 spiro atoms. The third-order valence-corrected chi connectivity index (χ3v) is 3.50. The fourth-order valence-corrected chi connectivity index (χ4v) is 2.35. The molecule has 0 saturated carbocycles. The molecule has 1 aromatic rings. The molecule has 1 aromatic carbocycles. The summed E-state index contributed by atoms with van der Waals surface area (Å²) in [5.74, 6) is -0.702. The van der Waals surface area contributed by atoms with E-state index in [1.807, 2.05) is 0 Å². The van der Waals surface area contributed by atoms with E-state index in [1.165, 1.54) is 11.0 Å². The first-order valence-corrected chi connectivity index (χ1v) is 6.39. The summed E-state index contributed by atoms with van der Waals surface area (Å²) in [6.45, 7) is 1.81. The van der Waals surface area contributed by atoms with Crippen molar-refractivity contribution in [2.24, 2.45) is 5.92 Å². The highest BCUT2D eigenvalue weighted by Gasteiger charge is 2.22. The van der Waals surface area contributed by atoms with Crippen LogP contribution < -0.4 is 10.2 Å². The van der Waals surface area contributed by atoms with Crippen molar-refractivity contribution in [3.8, 4) is 0 Å². The van der Waals surface area contributed by atoms with Crippen LogP contribution in [0.15, 0.2) is 24.3 Å². The van der Waals surface area contributed by atoms with E-state index in [1.54, 1.807) is 25.2 Å². The summed E-state index contributed by atoms with van der Waals surface area (Å²) >= 11 is 0. The topological polar surface area (TPSA) is 69.6 Å². The number of anilines is 1. The molecular formula is C14H18N2O3. The van der Waals surface area contributed by atoms with Gasteiger partial charge in [0.25, 0.3) is 0 Å². The zero-order valence-electron chi connectivity index (χ0n) is 10.9. The van der Waals surface area contributed by atoms with Crippen molar-refractivity contribution in [3.63, 3.8) is 0 Å². The number of benzene rings is 1. The molecule has 1 heterocycles. The molecule has 1 saturated heterocycles. The largest absolute Gasteiger partial charge is 0.478 e. The van der Waals surface area contributed by atoms with Crippen molar-refractivity contribution in [1.82, 2.24) is 5.32 Å². The van der Waals surface area contributed by atoms with Gasteiger partial charge in [-0.25, -0.2) is 4.79 Å². The average molecular weight is 262 g/mol. The number of carboxylic acid groups (broad SMARTS) is 1. The van der Waals surface area contributed by atoms with E-state index in [0.717, 1.165) is 19.5 Å². The number of carboxylic acids is 1. The second kappa shape index (κ2) is 5.84. The second-order valence-electron chi connectivity index (χ2n) is 4.84. The highest BCUT2D eigenvalue weighted by atomic mass is 16.4. The SMILES string of the molecule is CN(C(=O)CC1CCNC1)c1ccccc1C(=O)O. The summed E-state index contributed by atoms with van der Waals surface area (Å²) in [5.41, 5.74) is 0.605. The number of nitrogens with one attached hydrogen (secondary N) is 1. The fraction of sp³-hybridized carbons (Fsp3) is 0.429. The van der Waals surface area contributed by atoms with Crippen LogP contribution in [0.25, 0.3) is 0 Å². The normalized spacial score (nSPS) is 18.3. The summed E-state index contributed by atoms with van der Waals surface area (Å²) in [4.78, 5) is 24.8. The van der Waals surface area contributed by atoms with Gasteiger partial charge in [0.1, 0.15) is 0 Å². The first-order chi connectivity index (χ1) is 9.09. The molecule has 1 atom stereocenters. The Hall–Kier alpha value is -1.88. The molecule has 2 N–H and O–H groups in total. The van der Waals surface area contributed by atoms with Crippen LogP contribution in [-0.2, 0) is 4.79 Å². The fourth-order valence-electron chi connectivity index (χ4n) is 2.35. The smallest absolute Gasteiger partial charge is 0.337 e. The Kier molecular flexibility index (Phi) is 4.16. The Bertz CT molecular complexity index is 481. The molecule has 1 fully saturated rings. The van der Waals surface area contributed by atoms with Crippen LogP contribution in [0.4, 0.5) is 5.69 Å². The molecular weight excluding hydrogens is 244 g/mol. The van der Waals surface area contributed by atoms with E-state index < -0.39 is 5.97 Å². The Morgan fingerprint density at radius 2 is 2.16 bits per heavy atom. The molecule has 2 rings (SSSR count). The zero-order valence-corrected chi connectivity index (χ0v) is 10.9. The quantitative estimate of drug-likeness (QED) is 0.859. The van der Waals surface area contributed by atoms with E-state index in [0.29, 0.717) is 18.0 Å². The number of nitrogens with zero attached hydrogens (tertiary/aromatic N) is 1. The Labute approximate surface area is 112 Å². The Morgan fingerprint density at radius 3 is 2.79 bits per heavy atom. The van der Waals surface area contributed by atoms with Crippen molar-refractivity contribution in [1.29, 1.82) is 0 Å². The van der Waals surface area contributed by atoms with Gasteiger partial charge in [-0.1, -0.05) is 12.1 Å². The third kappa shape index (κ3) is 3.12. The molecule has 1 aliphatic heterocycles. The number of carbonyl (C=O) groups excluding carboxylic acids is 1. The zero-order chi connectivity index (χ0) is 13.8. The van der Waals surface area contributed by atoms with Crippen LogP contribution in [0.2, 0.25) is 0 Å². The van der Waals surface area contributed by atoms with Crippen LogP contribution in [-0.4, -0.2) is 37.1 Å². The van der Waals surface area contributed by atoms with Gasteiger partial charge < -0.3 is 15.3 Å². The maximum absolute atomic E-state index is 12.2. The van der Waals surface area contributed by atoms with Crippen LogP contribution in [0.1, 0.15) is 23.2 Å². The van der Waals surface area contributed by atoms with E-state index in [9.17, 15) is 9.59 Å². The van der Waals surface area contributed by atoms with Gasteiger partial charge in [0, 0.05) is 13.5 Å². The van der Waals surface area contributed by atoms with Crippen LogP contribution >= 0.6 is 0 Å². The molecule has 1 aliphatic rings. The van der Waals surface area contributed by atoms with Gasteiger partial charge in [-0.2, -0.15) is 0 Å². The summed E-state index contributed by atoms with van der Waals surface area (Å²) in [5, 5.41) is 12.4. The minimum absolute atomic E-state index is 0.0394. The number of hydrogen-bond donors (Lipinski definition) is 2. The van der Waals surface area contributed by atoms with Gasteiger partial charge >= 0.3 is 5.97 Å². The molecule has 0 aliphatic carbocycles. The van der Waals surface area contributed by atoms with E-state index in [-0.39, 0.29) is 11.5 Å². The lowest BCUT2D eigenvalue weighted by Crippen LogP contribution is -2.30. The maximum Gasteiger partial charge on any atom is 0.337 e. The number of rotatable bonds is 4. The number of hydrogen-bond acceptors (Lipinski definition) is 3. The van der Waals surface area contributed by atoms with Crippen molar-refractivity contribution in [2.75, 3.05) is 25.0 Å².